The van der Waals surface area contributed by atoms with Gasteiger partial charge in [-0.05, 0) is 62.1 Å². The second-order valence-corrected chi connectivity index (χ2v) is 17.1. The van der Waals surface area contributed by atoms with Crippen LogP contribution in [0, 0.1) is 0 Å². The number of hydrogen-bond donors (Lipinski definition) is 1. The van der Waals surface area contributed by atoms with Crippen LogP contribution in [0.2, 0.25) is 0 Å². The van der Waals surface area contributed by atoms with Crippen molar-refractivity contribution < 1.29 is 52.5 Å². The molecule has 2 unspecified atom stereocenters. The highest BCUT2D eigenvalue weighted by Gasteiger charge is 2.65. The van der Waals surface area contributed by atoms with Crippen LogP contribution < -0.4 is 0 Å². The first kappa shape index (κ1) is 41.6. The summed E-state index contributed by atoms with van der Waals surface area (Å²) in [5, 5.41) is 12.3. The van der Waals surface area contributed by atoms with Crippen molar-refractivity contribution in [3.05, 3.63) is 142 Å². The van der Waals surface area contributed by atoms with Crippen molar-refractivity contribution in [1.29, 1.82) is 0 Å². The second-order valence-electron chi connectivity index (χ2n) is 16.2. The van der Waals surface area contributed by atoms with Crippen LogP contribution in [0.5, 0.6) is 0 Å². The number of benzene rings is 4. The number of halogens is 1. The predicted molar refractivity (Wildman–Crippen MR) is 216 cm³/mol. The average molecular weight is 862 g/mol. The lowest BCUT2D eigenvalue weighted by Crippen LogP contribution is -2.66. The van der Waals surface area contributed by atoms with Gasteiger partial charge in [0.15, 0.2) is 17.9 Å². The van der Waals surface area contributed by atoms with E-state index in [2.05, 4.69) is 15.9 Å². The van der Waals surface area contributed by atoms with E-state index in [0.717, 1.165) is 26.7 Å². The molecule has 1 saturated carbocycles. The maximum Gasteiger partial charge on any atom is 0.187 e. The fraction of sp³-hybridized carbons (Fsp3) is 0.478. The molecule has 3 heterocycles. The Bertz CT molecular complexity index is 1850. The van der Waals surface area contributed by atoms with Crippen LogP contribution in [0.3, 0.4) is 0 Å². The van der Waals surface area contributed by atoms with E-state index in [4.69, 9.17) is 47.4 Å². The van der Waals surface area contributed by atoms with Crippen LogP contribution in [0.15, 0.2) is 120 Å². The first-order valence-electron chi connectivity index (χ1n) is 20.0. The minimum atomic E-state index is -1.29. The first-order valence-corrected chi connectivity index (χ1v) is 20.8. The Hall–Kier alpha value is -3.08. The molecule has 4 fully saturated rings. The van der Waals surface area contributed by atoms with Crippen molar-refractivity contribution >= 4 is 15.9 Å². The zero-order chi connectivity index (χ0) is 40.3. The standard InChI is InChI=1S/C46H53BrO11/c1-45(2)55-40-38(52-27-32-20-22-33(47)23-21-32)41-43(58-46(3,4)56-41)39(42(40)57-45)54-44-35(48)37(51-26-31-18-12-7-13-19-31)36(50-25-30-16-10-6-11-17-30)34(53-44)28-49-24-29-14-8-5-9-15-29/h5-23,34-44,48H,24-28H2,1-4H3/t34-,35+,36-,37-,38?,39?,40+,41+,42-,43+,44-/m1/s1. The van der Waals surface area contributed by atoms with Crippen molar-refractivity contribution in [3.63, 3.8) is 0 Å². The number of aliphatic hydroxyl groups excluding tert-OH is 1. The Morgan fingerprint density at radius 3 is 1.43 bits per heavy atom. The molecule has 8 rings (SSSR count). The highest BCUT2D eigenvalue weighted by molar-refractivity contribution is 9.10. The molecule has 310 valence electrons. The van der Waals surface area contributed by atoms with Gasteiger partial charge >= 0.3 is 0 Å². The highest BCUT2D eigenvalue weighted by Crippen LogP contribution is 2.47. The Balaban J connectivity index is 1.08. The molecule has 4 aliphatic rings. The maximum absolute atomic E-state index is 12.3. The average Bonchev–Trinajstić information content (AvgIpc) is 3.73. The molecule has 11 atom stereocenters. The molecular weight excluding hydrogens is 808 g/mol. The summed E-state index contributed by atoms with van der Waals surface area (Å²) in [6, 6.07) is 37.6. The zero-order valence-corrected chi connectivity index (χ0v) is 34.8. The Morgan fingerprint density at radius 2 is 0.931 bits per heavy atom. The monoisotopic (exact) mass is 860 g/mol. The van der Waals surface area contributed by atoms with Crippen molar-refractivity contribution in [2.45, 2.75) is 133 Å². The summed E-state index contributed by atoms with van der Waals surface area (Å²) >= 11 is 3.51. The number of ether oxygens (including phenoxy) is 10. The van der Waals surface area contributed by atoms with Gasteiger partial charge in [0.25, 0.3) is 0 Å². The minimum absolute atomic E-state index is 0.139. The van der Waals surface area contributed by atoms with Gasteiger partial charge in [-0.15, -0.1) is 0 Å². The number of fused-ring (bicyclic) bond motifs is 2. The summed E-state index contributed by atoms with van der Waals surface area (Å²) < 4.78 is 67.2. The molecule has 0 spiro atoms. The van der Waals surface area contributed by atoms with Crippen molar-refractivity contribution in [1.82, 2.24) is 0 Å². The lowest BCUT2D eigenvalue weighted by Gasteiger charge is -2.48. The summed E-state index contributed by atoms with van der Waals surface area (Å²) in [7, 11) is 0. The highest BCUT2D eigenvalue weighted by atomic mass is 79.9. The van der Waals surface area contributed by atoms with Crippen molar-refractivity contribution in [3.8, 4) is 0 Å². The molecule has 11 nitrogen and oxygen atoms in total. The maximum atomic E-state index is 12.3. The number of rotatable bonds is 15. The van der Waals surface area contributed by atoms with Crippen molar-refractivity contribution in [2.75, 3.05) is 6.61 Å². The fourth-order valence-corrected chi connectivity index (χ4v) is 8.50. The molecule has 4 aromatic carbocycles. The van der Waals surface area contributed by atoms with Crippen LogP contribution in [-0.4, -0.2) is 90.6 Å². The van der Waals surface area contributed by atoms with E-state index in [-0.39, 0.29) is 19.8 Å². The van der Waals surface area contributed by atoms with E-state index < -0.39 is 78.9 Å². The van der Waals surface area contributed by atoms with E-state index in [1.807, 2.05) is 143 Å². The topological polar surface area (TPSA) is 113 Å². The van der Waals surface area contributed by atoms with E-state index >= 15 is 0 Å². The molecular formula is C46H53BrO11. The molecule has 1 aliphatic carbocycles. The van der Waals surface area contributed by atoms with E-state index in [1.165, 1.54) is 0 Å². The lowest BCUT2D eigenvalue weighted by molar-refractivity contribution is -0.343. The largest absolute Gasteiger partial charge is 0.385 e. The molecule has 0 amide bonds. The van der Waals surface area contributed by atoms with E-state index in [0.29, 0.717) is 13.2 Å². The van der Waals surface area contributed by atoms with Gasteiger partial charge in [-0.2, -0.15) is 0 Å². The van der Waals surface area contributed by atoms with Gasteiger partial charge in [0.2, 0.25) is 0 Å². The summed E-state index contributed by atoms with van der Waals surface area (Å²) in [6.07, 6.45) is -8.66. The first-order chi connectivity index (χ1) is 28.0. The number of hydrogen-bond acceptors (Lipinski definition) is 11. The molecule has 58 heavy (non-hydrogen) atoms. The molecule has 1 N–H and O–H groups in total. The molecule has 3 aliphatic heterocycles. The molecule has 3 saturated heterocycles. The fourth-order valence-electron chi connectivity index (χ4n) is 8.23. The Labute approximate surface area is 348 Å². The minimum Gasteiger partial charge on any atom is -0.385 e. The summed E-state index contributed by atoms with van der Waals surface area (Å²) in [6.45, 7) is 8.77. The zero-order valence-electron chi connectivity index (χ0n) is 33.3. The third kappa shape index (κ3) is 9.92. The van der Waals surface area contributed by atoms with Crippen LogP contribution in [0.25, 0.3) is 0 Å². The van der Waals surface area contributed by atoms with Crippen LogP contribution >= 0.6 is 15.9 Å². The molecule has 0 radical (unpaired) electrons. The lowest BCUT2D eigenvalue weighted by atomic mass is 9.84. The second kappa shape index (κ2) is 18.3. The van der Waals surface area contributed by atoms with Crippen LogP contribution in [-0.2, 0) is 73.8 Å². The molecule has 0 aromatic heterocycles. The van der Waals surface area contributed by atoms with Gasteiger partial charge in [0.05, 0.1) is 33.0 Å². The van der Waals surface area contributed by atoms with Gasteiger partial charge in [-0.3, -0.25) is 0 Å². The van der Waals surface area contributed by atoms with Gasteiger partial charge in [0.1, 0.15) is 61.0 Å². The quantitative estimate of drug-likeness (QED) is 0.131. The smallest absolute Gasteiger partial charge is 0.187 e. The van der Waals surface area contributed by atoms with Crippen molar-refractivity contribution in [2.24, 2.45) is 0 Å². The SMILES string of the molecule is CC1(C)O[C@@H]2C(O[C@H]3O[C@H](COCc4ccccc4)[C@@H](OCc4ccccc4)[C@H](OCc4ccccc4)[C@@H]3O)[C@@H]3OC(C)(C)O[C@H]3C(OCc3ccc(Br)cc3)[C@@H]2O1. The van der Waals surface area contributed by atoms with Gasteiger partial charge < -0.3 is 52.5 Å². The van der Waals surface area contributed by atoms with E-state index in [1.54, 1.807) is 0 Å². The summed E-state index contributed by atoms with van der Waals surface area (Å²) in [5.74, 6) is -1.94. The third-order valence-corrected chi connectivity index (χ3v) is 11.4. The normalized spacial score (nSPS) is 32.4. The third-order valence-electron chi connectivity index (χ3n) is 10.8. The van der Waals surface area contributed by atoms with E-state index in [9.17, 15) is 5.11 Å². The predicted octanol–water partition coefficient (Wildman–Crippen LogP) is 7.25. The van der Waals surface area contributed by atoms with Crippen LogP contribution in [0.1, 0.15) is 49.9 Å². The Morgan fingerprint density at radius 1 is 0.517 bits per heavy atom. The summed E-state index contributed by atoms with van der Waals surface area (Å²) in [5.41, 5.74) is 3.93. The van der Waals surface area contributed by atoms with Gasteiger partial charge in [-0.25, -0.2) is 0 Å². The summed E-state index contributed by atoms with van der Waals surface area (Å²) in [4.78, 5) is 0. The Kier molecular flexibility index (Phi) is 13.1. The molecule has 0 bridgehead atoms. The number of aliphatic hydroxyl groups is 1. The molecule has 4 aromatic rings. The van der Waals surface area contributed by atoms with Crippen LogP contribution in [0.4, 0.5) is 0 Å². The van der Waals surface area contributed by atoms with Gasteiger partial charge in [-0.1, -0.05) is 119 Å². The molecule has 12 heteroatoms. The van der Waals surface area contributed by atoms with Gasteiger partial charge in [0, 0.05) is 4.47 Å².